The van der Waals surface area contributed by atoms with Crippen molar-refractivity contribution in [2.75, 3.05) is 19.7 Å². The molecule has 2 aromatic rings. The number of aromatic nitrogens is 1. The number of carbonyl (C=O) groups excluding carboxylic acids is 3. The minimum atomic E-state index is -0.387. The molecule has 1 fully saturated rings. The maximum atomic E-state index is 13.7. The van der Waals surface area contributed by atoms with Crippen LogP contribution in [0.15, 0.2) is 42.6 Å². The van der Waals surface area contributed by atoms with E-state index in [-0.39, 0.29) is 43.2 Å². The van der Waals surface area contributed by atoms with Gasteiger partial charge < -0.3 is 19.1 Å². The average molecular weight is 530 g/mol. The zero-order chi connectivity index (χ0) is 26.6. The van der Waals surface area contributed by atoms with Crippen molar-refractivity contribution in [3.05, 3.63) is 58.9 Å². The molecule has 0 spiro atoms. The van der Waals surface area contributed by atoms with E-state index < -0.39 is 0 Å². The summed E-state index contributed by atoms with van der Waals surface area (Å²) >= 11 is 6.41. The molecule has 1 saturated carbocycles. The van der Waals surface area contributed by atoms with Gasteiger partial charge in [-0.05, 0) is 49.9 Å². The summed E-state index contributed by atoms with van der Waals surface area (Å²) in [6.45, 7) is 5.63. The zero-order valence-electron chi connectivity index (χ0n) is 22.2. The highest BCUT2D eigenvalue weighted by Crippen LogP contribution is 2.25. The summed E-state index contributed by atoms with van der Waals surface area (Å²) in [7, 11) is 0. The van der Waals surface area contributed by atoms with Crippen LogP contribution in [0.4, 0.5) is 0 Å². The largest absolute Gasteiger partial charge is 0.466 e. The first-order valence-corrected chi connectivity index (χ1v) is 13.9. The van der Waals surface area contributed by atoms with E-state index in [1.54, 1.807) is 11.8 Å². The Morgan fingerprint density at radius 3 is 2.46 bits per heavy atom. The molecule has 1 aromatic heterocycles. The van der Waals surface area contributed by atoms with Crippen molar-refractivity contribution >= 4 is 29.4 Å². The Morgan fingerprint density at radius 2 is 1.76 bits per heavy atom. The lowest BCUT2D eigenvalue weighted by Gasteiger charge is -2.36. The number of carbonyl (C=O) groups is 3. The van der Waals surface area contributed by atoms with E-state index in [4.69, 9.17) is 16.3 Å². The second-order valence-electron chi connectivity index (χ2n) is 9.65. The van der Waals surface area contributed by atoms with Gasteiger partial charge in [-0.3, -0.25) is 14.4 Å². The standard InChI is InChI=1S/C29H40ClN3O4/c1-3-18-32(27(34)16-17-29(36)37-4-2)22-28(35)33(24-12-6-5-7-13-24)21-25-14-10-19-31(25)20-23-11-8-9-15-26(23)30/h8-11,14-15,19,24H,3-7,12-13,16-18,20-22H2,1-2H3. The molecule has 8 heteroatoms. The van der Waals surface area contributed by atoms with Crippen LogP contribution in [-0.4, -0.2) is 57.9 Å². The molecule has 0 aliphatic heterocycles. The van der Waals surface area contributed by atoms with Crippen LogP contribution in [0.25, 0.3) is 0 Å². The van der Waals surface area contributed by atoms with E-state index >= 15 is 0 Å². The lowest BCUT2D eigenvalue weighted by atomic mass is 9.94. The third kappa shape index (κ3) is 8.63. The molecule has 0 radical (unpaired) electrons. The summed E-state index contributed by atoms with van der Waals surface area (Å²) in [5, 5.41) is 0.721. The van der Waals surface area contributed by atoms with E-state index in [1.807, 2.05) is 54.4 Å². The fourth-order valence-electron chi connectivity index (χ4n) is 4.96. The predicted molar refractivity (Wildman–Crippen MR) is 145 cm³/mol. The normalized spacial score (nSPS) is 13.8. The minimum absolute atomic E-state index is 0.0250. The Labute approximate surface area is 225 Å². The van der Waals surface area contributed by atoms with Crippen molar-refractivity contribution in [2.45, 2.75) is 84.3 Å². The molecule has 1 aromatic carbocycles. The van der Waals surface area contributed by atoms with Crippen molar-refractivity contribution in [2.24, 2.45) is 0 Å². The number of amides is 2. The highest BCUT2D eigenvalue weighted by Gasteiger charge is 2.29. The van der Waals surface area contributed by atoms with E-state index in [0.717, 1.165) is 48.4 Å². The van der Waals surface area contributed by atoms with Gasteiger partial charge >= 0.3 is 5.97 Å². The smallest absolute Gasteiger partial charge is 0.306 e. The number of rotatable bonds is 13. The third-order valence-electron chi connectivity index (χ3n) is 6.91. The molecule has 0 saturated heterocycles. The number of benzene rings is 1. The molecular formula is C29H40ClN3O4. The zero-order valence-corrected chi connectivity index (χ0v) is 22.9. The Morgan fingerprint density at radius 1 is 1.00 bits per heavy atom. The van der Waals surface area contributed by atoms with Gasteiger partial charge in [0, 0.05) is 42.5 Å². The van der Waals surface area contributed by atoms with Crippen LogP contribution in [0.1, 0.15) is 76.5 Å². The van der Waals surface area contributed by atoms with Gasteiger partial charge in [0.25, 0.3) is 0 Å². The number of hydrogen-bond acceptors (Lipinski definition) is 4. The Bertz CT molecular complexity index is 1030. The number of esters is 1. The molecule has 37 heavy (non-hydrogen) atoms. The second-order valence-corrected chi connectivity index (χ2v) is 10.1. The highest BCUT2D eigenvalue weighted by molar-refractivity contribution is 6.31. The summed E-state index contributed by atoms with van der Waals surface area (Å²) < 4.78 is 7.09. The van der Waals surface area contributed by atoms with Gasteiger partial charge in [-0.2, -0.15) is 0 Å². The van der Waals surface area contributed by atoms with E-state index in [1.165, 1.54) is 6.42 Å². The SMILES string of the molecule is CCCN(CC(=O)N(Cc1cccn1Cc1ccccc1Cl)C1CCCCC1)C(=O)CCC(=O)OCC. The maximum absolute atomic E-state index is 13.7. The van der Waals surface area contributed by atoms with Crippen LogP contribution < -0.4 is 0 Å². The topological polar surface area (TPSA) is 71.9 Å². The van der Waals surface area contributed by atoms with E-state index in [2.05, 4.69) is 4.57 Å². The van der Waals surface area contributed by atoms with Gasteiger partial charge in [0.2, 0.25) is 11.8 Å². The monoisotopic (exact) mass is 529 g/mol. The van der Waals surface area contributed by atoms with Gasteiger partial charge in [0.1, 0.15) is 0 Å². The molecule has 1 aliphatic carbocycles. The summed E-state index contributed by atoms with van der Waals surface area (Å²) in [5.41, 5.74) is 2.06. The lowest BCUT2D eigenvalue weighted by Crippen LogP contribution is -2.47. The first-order valence-electron chi connectivity index (χ1n) is 13.5. The quantitative estimate of drug-likeness (QED) is 0.324. The number of halogens is 1. The summed E-state index contributed by atoms with van der Waals surface area (Å²) in [4.78, 5) is 42.0. The van der Waals surface area contributed by atoms with E-state index in [0.29, 0.717) is 26.2 Å². The lowest BCUT2D eigenvalue weighted by molar-refractivity contribution is -0.147. The fraction of sp³-hybridized carbons (Fsp3) is 0.552. The van der Waals surface area contributed by atoms with Gasteiger partial charge in [0.05, 0.1) is 26.1 Å². The van der Waals surface area contributed by atoms with Crippen LogP contribution in [0, 0.1) is 0 Å². The molecule has 1 aliphatic rings. The van der Waals surface area contributed by atoms with Gasteiger partial charge in [-0.15, -0.1) is 0 Å². The molecule has 0 unspecified atom stereocenters. The molecule has 1 heterocycles. The molecule has 7 nitrogen and oxygen atoms in total. The van der Waals surface area contributed by atoms with Gasteiger partial charge in [-0.25, -0.2) is 0 Å². The molecule has 3 rings (SSSR count). The van der Waals surface area contributed by atoms with Crippen LogP contribution in [0.2, 0.25) is 5.02 Å². The molecule has 0 N–H and O–H groups in total. The first-order chi connectivity index (χ1) is 17.9. The van der Waals surface area contributed by atoms with Crippen LogP contribution in [0.5, 0.6) is 0 Å². The minimum Gasteiger partial charge on any atom is -0.466 e. The van der Waals surface area contributed by atoms with E-state index in [9.17, 15) is 14.4 Å². The Balaban J connectivity index is 1.74. The van der Waals surface area contributed by atoms with Crippen molar-refractivity contribution < 1.29 is 19.1 Å². The molecule has 202 valence electrons. The van der Waals surface area contributed by atoms with Crippen LogP contribution >= 0.6 is 11.6 Å². The molecule has 0 atom stereocenters. The molecule has 2 amide bonds. The van der Waals surface area contributed by atoms with Crippen molar-refractivity contribution in [3.8, 4) is 0 Å². The van der Waals surface area contributed by atoms with Gasteiger partial charge in [0.15, 0.2) is 0 Å². The second kappa shape index (κ2) is 14.8. The predicted octanol–water partition coefficient (Wildman–Crippen LogP) is 5.43. The number of hydrogen-bond donors (Lipinski definition) is 0. The fourth-order valence-corrected chi connectivity index (χ4v) is 5.16. The maximum Gasteiger partial charge on any atom is 0.306 e. The van der Waals surface area contributed by atoms with Crippen molar-refractivity contribution in [1.29, 1.82) is 0 Å². The van der Waals surface area contributed by atoms with Crippen molar-refractivity contribution in [3.63, 3.8) is 0 Å². The van der Waals surface area contributed by atoms with Crippen LogP contribution in [-0.2, 0) is 32.2 Å². The summed E-state index contributed by atoms with van der Waals surface area (Å²) in [6.07, 6.45) is 8.18. The Kier molecular flexibility index (Phi) is 11.5. The number of ether oxygens (including phenoxy) is 1. The summed E-state index contributed by atoms with van der Waals surface area (Å²) in [6, 6.07) is 12.0. The molecular weight excluding hydrogens is 490 g/mol. The van der Waals surface area contributed by atoms with Crippen LogP contribution in [0.3, 0.4) is 0 Å². The number of nitrogens with zero attached hydrogens (tertiary/aromatic N) is 3. The third-order valence-corrected chi connectivity index (χ3v) is 7.28. The van der Waals surface area contributed by atoms with Gasteiger partial charge in [-0.1, -0.05) is 56.0 Å². The molecule has 0 bridgehead atoms. The van der Waals surface area contributed by atoms with Crippen molar-refractivity contribution in [1.82, 2.24) is 14.4 Å². The first kappa shape index (κ1) is 28.8. The Hall–Kier alpha value is -2.80. The average Bonchev–Trinajstić information content (AvgIpc) is 3.34. The highest BCUT2D eigenvalue weighted by atomic mass is 35.5. The summed E-state index contributed by atoms with van der Waals surface area (Å²) in [5.74, 6) is -0.619.